The second-order valence-electron chi connectivity index (χ2n) is 4.73. The monoisotopic (exact) mass is 265 g/mol. The van der Waals surface area contributed by atoms with Crippen LogP contribution in [0.1, 0.15) is 31.2 Å². The highest BCUT2D eigenvalue weighted by atomic mass is 32.1. The van der Waals surface area contributed by atoms with Crippen molar-refractivity contribution in [1.29, 1.82) is 5.26 Å². The molecule has 1 heterocycles. The lowest BCUT2D eigenvalue weighted by atomic mass is 10.2. The molecule has 1 fully saturated rings. The summed E-state index contributed by atoms with van der Waals surface area (Å²) in [7, 11) is 2.17. The Morgan fingerprint density at radius 1 is 1.56 bits per heavy atom. The minimum atomic E-state index is 0.328. The Morgan fingerprint density at radius 3 is 2.94 bits per heavy atom. The number of nitrogens with one attached hydrogen (secondary N) is 1. The Hall–Kier alpha value is -1.32. The van der Waals surface area contributed by atoms with Gasteiger partial charge in [-0.2, -0.15) is 9.64 Å². The lowest BCUT2D eigenvalue weighted by molar-refractivity contribution is 0.255. The second-order valence-corrected chi connectivity index (χ2v) is 5.50. The molecule has 0 amide bonds. The van der Waals surface area contributed by atoms with E-state index in [1.54, 1.807) is 0 Å². The van der Waals surface area contributed by atoms with Crippen molar-refractivity contribution in [3.05, 3.63) is 5.56 Å². The number of hydrogen-bond donors (Lipinski definition) is 2. The van der Waals surface area contributed by atoms with Gasteiger partial charge in [0.1, 0.15) is 16.6 Å². The van der Waals surface area contributed by atoms with Gasteiger partial charge in [0.2, 0.25) is 0 Å². The average Bonchev–Trinajstić information content (AvgIpc) is 2.99. The molecule has 98 valence electrons. The number of nitriles is 1. The first-order chi connectivity index (χ1) is 8.72. The maximum atomic E-state index is 8.96. The summed E-state index contributed by atoms with van der Waals surface area (Å²) in [5, 5.41) is 13.0. The quantitative estimate of drug-likeness (QED) is 0.850. The van der Waals surface area contributed by atoms with Crippen molar-refractivity contribution in [1.82, 2.24) is 9.27 Å². The van der Waals surface area contributed by atoms with Crippen molar-refractivity contribution in [2.24, 2.45) is 0 Å². The number of anilines is 2. The van der Waals surface area contributed by atoms with Crippen LogP contribution in [0.25, 0.3) is 0 Å². The van der Waals surface area contributed by atoms with Crippen LogP contribution in [-0.2, 0) is 0 Å². The lowest BCUT2D eigenvalue weighted by Crippen LogP contribution is -2.33. The largest absolute Gasteiger partial charge is 0.382 e. The Bertz CT molecular complexity index is 430. The fourth-order valence-corrected chi connectivity index (χ4v) is 3.09. The predicted molar refractivity (Wildman–Crippen MR) is 74.6 cm³/mol. The zero-order valence-corrected chi connectivity index (χ0v) is 11.5. The Kier molecular flexibility index (Phi) is 4.39. The summed E-state index contributed by atoms with van der Waals surface area (Å²) in [5.74, 6) is 0.328. The number of hydrogen-bond acceptors (Lipinski definition) is 6. The summed E-state index contributed by atoms with van der Waals surface area (Å²) in [6.07, 6.45) is 5.33. The van der Waals surface area contributed by atoms with E-state index in [9.17, 15) is 0 Å². The topological polar surface area (TPSA) is 78.0 Å². The smallest absolute Gasteiger partial charge is 0.157 e. The van der Waals surface area contributed by atoms with Crippen molar-refractivity contribution in [3.8, 4) is 6.07 Å². The molecule has 1 saturated carbocycles. The third-order valence-electron chi connectivity index (χ3n) is 3.53. The number of nitrogens with two attached hydrogens (primary N) is 1. The van der Waals surface area contributed by atoms with Gasteiger partial charge in [-0.05, 0) is 31.4 Å². The van der Waals surface area contributed by atoms with Gasteiger partial charge in [0.15, 0.2) is 5.82 Å². The molecule has 0 radical (unpaired) electrons. The van der Waals surface area contributed by atoms with Crippen molar-refractivity contribution >= 4 is 22.4 Å². The van der Waals surface area contributed by atoms with Gasteiger partial charge in [-0.1, -0.05) is 12.8 Å². The molecule has 1 aromatic heterocycles. The fourth-order valence-electron chi connectivity index (χ4n) is 2.40. The summed E-state index contributed by atoms with van der Waals surface area (Å²) in [5.41, 5.74) is 6.08. The summed E-state index contributed by atoms with van der Waals surface area (Å²) < 4.78 is 3.98. The van der Waals surface area contributed by atoms with Crippen molar-refractivity contribution in [2.45, 2.75) is 31.7 Å². The van der Waals surface area contributed by atoms with Gasteiger partial charge >= 0.3 is 0 Å². The molecule has 0 aliphatic heterocycles. The molecule has 0 atom stereocenters. The average molecular weight is 265 g/mol. The van der Waals surface area contributed by atoms with E-state index in [0.717, 1.165) is 24.1 Å². The highest BCUT2D eigenvalue weighted by Crippen LogP contribution is 2.25. The number of nitrogen functional groups attached to an aromatic ring is 1. The first-order valence-corrected chi connectivity index (χ1v) is 7.09. The van der Waals surface area contributed by atoms with Gasteiger partial charge < -0.3 is 16.0 Å². The van der Waals surface area contributed by atoms with Crippen molar-refractivity contribution in [2.75, 3.05) is 31.2 Å². The zero-order chi connectivity index (χ0) is 13.0. The molecule has 1 aliphatic rings. The van der Waals surface area contributed by atoms with Crippen LogP contribution in [0.4, 0.5) is 10.8 Å². The molecule has 0 saturated heterocycles. The van der Waals surface area contributed by atoms with Crippen LogP contribution in [0.5, 0.6) is 0 Å². The summed E-state index contributed by atoms with van der Waals surface area (Å²) in [6.45, 7) is 1.80. The van der Waals surface area contributed by atoms with Crippen LogP contribution in [0.15, 0.2) is 0 Å². The van der Waals surface area contributed by atoms with E-state index >= 15 is 0 Å². The van der Waals surface area contributed by atoms with Crippen molar-refractivity contribution < 1.29 is 0 Å². The van der Waals surface area contributed by atoms with Gasteiger partial charge in [-0.25, -0.2) is 0 Å². The molecular weight excluding hydrogens is 246 g/mol. The fraction of sp³-hybridized carbons (Fsp3) is 0.667. The lowest BCUT2D eigenvalue weighted by Gasteiger charge is -2.23. The van der Waals surface area contributed by atoms with E-state index in [0.29, 0.717) is 11.4 Å². The first-order valence-electron chi connectivity index (χ1n) is 6.31. The number of aromatic nitrogens is 1. The molecule has 1 aromatic rings. The number of rotatable bonds is 5. The molecule has 0 spiro atoms. The Labute approximate surface area is 112 Å². The number of likely N-dealkylation sites (N-methyl/N-ethyl adjacent to an activating group) is 1. The van der Waals surface area contributed by atoms with Gasteiger partial charge in [-0.3, -0.25) is 0 Å². The molecule has 2 rings (SSSR count). The molecule has 0 unspecified atom stereocenters. The van der Waals surface area contributed by atoms with Gasteiger partial charge in [0.25, 0.3) is 0 Å². The van der Waals surface area contributed by atoms with E-state index in [4.69, 9.17) is 11.0 Å². The summed E-state index contributed by atoms with van der Waals surface area (Å²) in [4.78, 5) is 2.40. The highest BCUT2D eigenvalue weighted by Gasteiger charge is 2.19. The number of nitrogens with zero attached hydrogens (tertiary/aromatic N) is 3. The summed E-state index contributed by atoms with van der Waals surface area (Å²) >= 11 is 1.26. The van der Waals surface area contributed by atoms with Crippen LogP contribution >= 0.6 is 11.5 Å². The molecule has 3 N–H and O–H groups in total. The third kappa shape index (κ3) is 2.92. The molecular formula is C12H19N5S. The van der Waals surface area contributed by atoms with Gasteiger partial charge in [0, 0.05) is 19.1 Å². The minimum absolute atomic E-state index is 0.328. The van der Waals surface area contributed by atoms with Gasteiger partial charge in [-0.15, -0.1) is 0 Å². The van der Waals surface area contributed by atoms with E-state index in [-0.39, 0.29) is 0 Å². The molecule has 1 aliphatic carbocycles. The first kappa shape index (κ1) is 13.1. The normalized spacial score (nSPS) is 16.1. The maximum Gasteiger partial charge on any atom is 0.157 e. The highest BCUT2D eigenvalue weighted by molar-refractivity contribution is 7.10. The molecule has 5 nitrogen and oxygen atoms in total. The third-order valence-corrected chi connectivity index (χ3v) is 4.35. The van der Waals surface area contributed by atoms with Gasteiger partial charge in [0.05, 0.1) is 0 Å². The Morgan fingerprint density at radius 2 is 2.28 bits per heavy atom. The maximum absolute atomic E-state index is 8.96. The van der Waals surface area contributed by atoms with E-state index in [1.807, 2.05) is 0 Å². The van der Waals surface area contributed by atoms with E-state index in [2.05, 4.69) is 27.7 Å². The van der Waals surface area contributed by atoms with Crippen molar-refractivity contribution in [3.63, 3.8) is 0 Å². The van der Waals surface area contributed by atoms with Crippen LogP contribution in [0.3, 0.4) is 0 Å². The molecule has 0 aromatic carbocycles. The van der Waals surface area contributed by atoms with Crippen LogP contribution in [-0.4, -0.2) is 35.5 Å². The molecule has 0 bridgehead atoms. The SMILES string of the molecule is CN(CCNc1snc(N)c1C#N)C1CCCC1. The molecule has 18 heavy (non-hydrogen) atoms. The minimum Gasteiger partial charge on any atom is -0.382 e. The molecule has 6 heteroatoms. The zero-order valence-electron chi connectivity index (χ0n) is 10.6. The van der Waals surface area contributed by atoms with Crippen LogP contribution in [0, 0.1) is 11.3 Å². The van der Waals surface area contributed by atoms with Crippen LogP contribution < -0.4 is 11.1 Å². The summed E-state index contributed by atoms with van der Waals surface area (Å²) in [6, 6.07) is 2.81. The van der Waals surface area contributed by atoms with Crippen LogP contribution in [0.2, 0.25) is 0 Å². The predicted octanol–water partition coefficient (Wildman–Crippen LogP) is 1.88. The van der Waals surface area contributed by atoms with E-state index < -0.39 is 0 Å². The second kappa shape index (κ2) is 6.03. The van der Waals surface area contributed by atoms with E-state index in [1.165, 1.54) is 37.2 Å². The standard InChI is InChI=1S/C12H19N5S/c1-17(9-4-2-3-5-9)7-6-15-12-10(8-13)11(14)16-18-12/h9,15H,2-7H2,1H3,(H2,14,16). The Balaban J connectivity index is 1.79.